The topological polar surface area (TPSA) is 91.4 Å². The molecule has 0 spiro atoms. The van der Waals surface area contributed by atoms with Crippen molar-refractivity contribution in [2.45, 2.75) is 12.8 Å². The monoisotopic (exact) mass is 412 g/mol. The molecule has 2 aliphatic rings. The summed E-state index contributed by atoms with van der Waals surface area (Å²) in [4.78, 5) is 42.8. The first-order chi connectivity index (χ1) is 15.1. The molecule has 3 aromatic rings. The molecular formula is C24H20N4O3. The summed E-state index contributed by atoms with van der Waals surface area (Å²) in [7, 11) is 0. The Balaban J connectivity index is 1.41. The lowest BCUT2D eigenvalue weighted by atomic mass is 9.80. The van der Waals surface area contributed by atoms with Gasteiger partial charge in [0.25, 0.3) is 5.91 Å². The number of pyridine rings is 1. The van der Waals surface area contributed by atoms with E-state index in [2.05, 4.69) is 15.7 Å². The molecule has 1 aliphatic carbocycles. The molecule has 2 unspecified atom stereocenters. The van der Waals surface area contributed by atoms with Gasteiger partial charge in [-0.25, -0.2) is 5.01 Å². The fraction of sp³-hybridized carbons (Fsp3) is 0.167. The number of nitrogens with one attached hydrogen (secondary N) is 2. The minimum atomic E-state index is -0.376. The van der Waals surface area contributed by atoms with Gasteiger partial charge in [0.2, 0.25) is 11.8 Å². The average Bonchev–Trinajstić information content (AvgIpc) is 2.82. The third kappa shape index (κ3) is 3.44. The van der Waals surface area contributed by atoms with Crippen LogP contribution in [0.15, 0.2) is 72.9 Å². The fourth-order valence-electron chi connectivity index (χ4n) is 4.18. The predicted molar refractivity (Wildman–Crippen MR) is 117 cm³/mol. The van der Waals surface area contributed by atoms with Crippen LogP contribution in [0.25, 0.3) is 10.9 Å². The zero-order valence-corrected chi connectivity index (χ0v) is 16.6. The number of allylic oxidation sites excluding steroid dienone is 2. The molecule has 1 fully saturated rings. The first-order valence-electron chi connectivity index (χ1n) is 10.2. The number of carbonyl (C=O) groups is 3. The molecule has 0 saturated carbocycles. The Labute approximate surface area is 178 Å². The van der Waals surface area contributed by atoms with Crippen molar-refractivity contribution in [2.75, 3.05) is 10.3 Å². The minimum absolute atomic E-state index is 0.161. The molecule has 31 heavy (non-hydrogen) atoms. The van der Waals surface area contributed by atoms with Crippen molar-refractivity contribution in [3.63, 3.8) is 0 Å². The van der Waals surface area contributed by atoms with Crippen LogP contribution in [0.1, 0.15) is 23.2 Å². The van der Waals surface area contributed by atoms with E-state index in [0.717, 1.165) is 10.9 Å². The van der Waals surface area contributed by atoms with Crippen LogP contribution in [0.4, 0.5) is 11.4 Å². The molecule has 0 bridgehead atoms. The Bertz CT molecular complexity index is 1230. The Morgan fingerprint density at radius 1 is 1.00 bits per heavy atom. The molecule has 7 nitrogen and oxygen atoms in total. The van der Waals surface area contributed by atoms with E-state index < -0.39 is 0 Å². The third-order valence-electron chi connectivity index (χ3n) is 5.79. The highest BCUT2D eigenvalue weighted by atomic mass is 16.2. The summed E-state index contributed by atoms with van der Waals surface area (Å²) in [6, 6.07) is 15.9. The summed E-state index contributed by atoms with van der Waals surface area (Å²) in [6.07, 6.45) is 6.70. The van der Waals surface area contributed by atoms with Crippen LogP contribution < -0.4 is 15.8 Å². The van der Waals surface area contributed by atoms with E-state index in [1.165, 1.54) is 5.01 Å². The van der Waals surface area contributed by atoms with Crippen molar-refractivity contribution in [1.29, 1.82) is 0 Å². The summed E-state index contributed by atoms with van der Waals surface area (Å²) in [6.45, 7) is 0. The molecule has 0 radical (unpaired) electrons. The molecule has 3 amide bonds. The van der Waals surface area contributed by atoms with Gasteiger partial charge in [-0.1, -0.05) is 24.3 Å². The van der Waals surface area contributed by atoms with E-state index in [9.17, 15) is 14.4 Å². The SMILES string of the molecule is O=C(Nc1cccc2ncccc12)c1cccc(N2NC(=O)C3CC=CCC3C2=O)c1. The molecule has 1 aliphatic heterocycles. The zero-order valence-electron chi connectivity index (χ0n) is 16.6. The quantitative estimate of drug-likeness (QED) is 0.645. The Kier molecular flexibility index (Phi) is 4.71. The molecule has 1 saturated heterocycles. The zero-order chi connectivity index (χ0) is 21.4. The van der Waals surface area contributed by atoms with Gasteiger partial charge in [0.1, 0.15) is 0 Å². The number of amides is 3. The van der Waals surface area contributed by atoms with Crippen LogP contribution in [0, 0.1) is 11.8 Å². The van der Waals surface area contributed by atoms with Crippen molar-refractivity contribution in [1.82, 2.24) is 10.4 Å². The van der Waals surface area contributed by atoms with Crippen molar-refractivity contribution in [3.8, 4) is 0 Å². The van der Waals surface area contributed by atoms with Crippen LogP contribution >= 0.6 is 0 Å². The van der Waals surface area contributed by atoms with Crippen molar-refractivity contribution in [3.05, 3.63) is 78.5 Å². The van der Waals surface area contributed by atoms with Crippen LogP contribution in [0.2, 0.25) is 0 Å². The number of anilines is 2. The molecule has 154 valence electrons. The van der Waals surface area contributed by atoms with Gasteiger partial charge in [-0.3, -0.25) is 24.8 Å². The molecule has 5 rings (SSSR count). The van der Waals surface area contributed by atoms with Crippen molar-refractivity contribution in [2.24, 2.45) is 11.8 Å². The lowest BCUT2D eigenvalue weighted by Gasteiger charge is -2.38. The Morgan fingerprint density at radius 3 is 2.68 bits per heavy atom. The first-order valence-corrected chi connectivity index (χ1v) is 10.2. The van der Waals surface area contributed by atoms with E-state index in [1.54, 1.807) is 30.5 Å². The van der Waals surface area contributed by atoms with Crippen LogP contribution in [-0.2, 0) is 9.59 Å². The van der Waals surface area contributed by atoms with Gasteiger partial charge in [0.05, 0.1) is 28.7 Å². The highest BCUT2D eigenvalue weighted by Crippen LogP contribution is 2.32. The maximum atomic E-state index is 13.0. The Hall–Kier alpha value is -4.00. The molecule has 2 heterocycles. The number of aromatic nitrogens is 1. The van der Waals surface area contributed by atoms with Crippen LogP contribution in [0.3, 0.4) is 0 Å². The summed E-state index contributed by atoms with van der Waals surface area (Å²) in [5, 5.41) is 5.02. The van der Waals surface area contributed by atoms with Gasteiger partial charge >= 0.3 is 0 Å². The maximum absolute atomic E-state index is 13.0. The second kappa shape index (κ2) is 7.68. The number of nitrogens with zero attached hydrogens (tertiary/aromatic N) is 2. The molecule has 2 atom stereocenters. The lowest BCUT2D eigenvalue weighted by Crippen LogP contribution is -2.59. The summed E-state index contributed by atoms with van der Waals surface area (Å²) >= 11 is 0. The lowest BCUT2D eigenvalue weighted by molar-refractivity contribution is -0.139. The molecular weight excluding hydrogens is 392 g/mol. The number of carbonyl (C=O) groups excluding carboxylic acids is 3. The van der Waals surface area contributed by atoms with E-state index >= 15 is 0 Å². The van der Waals surface area contributed by atoms with E-state index in [0.29, 0.717) is 29.8 Å². The number of hydrazine groups is 1. The number of hydrogen-bond donors (Lipinski definition) is 2. The standard InChI is InChI=1S/C24H20N4O3/c29-22(26-21-12-4-11-20-19(21)10-5-13-25-20)15-6-3-7-16(14-15)28-24(31)18-9-2-1-8-17(18)23(30)27-28/h1-7,10-14,17-18H,8-9H2,(H,26,29)(H,27,30). The molecule has 2 aromatic carbocycles. The van der Waals surface area contributed by atoms with Crippen LogP contribution in [-0.4, -0.2) is 22.7 Å². The number of benzene rings is 2. The van der Waals surface area contributed by atoms with Gasteiger partial charge in [0, 0.05) is 17.1 Å². The van der Waals surface area contributed by atoms with Gasteiger partial charge in [0.15, 0.2) is 0 Å². The predicted octanol–water partition coefficient (Wildman–Crippen LogP) is 3.45. The summed E-state index contributed by atoms with van der Waals surface area (Å²) < 4.78 is 0. The largest absolute Gasteiger partial charge is 0.321 e. The van der Waals surface area contributed by atoms with Crippen molar-refractivity contribution < 1.29 is 14.4 Å². The van der Waals surface area contributed by atoms with Gasteiger partial charge in [-0.2, -0.15) is 0 Å². The smallest absolute Gasteiger partial charge is 0.255 e. The van der Waals surface area contributed by atoms with Gasteiger partial charge in [-0.15, -0.1) is 0 Å². The van der Waals surface area contributed by atoms with E-state index in [1.807, 2.05) is 42.5 Å². The normalized spacial score (nSPS) is 20.3. The summed E-state index contributed by atoms with van der Waals surface area (Å²) in [5.74, 6) is -1.36. The highest BCUT2D eigenvalue weighted by molar-refractivity contribution is 6.10. The first kappa shape index (κ1) is 19.0. The van der Waals surface area contributed by atoms with E-state index in [-0.39, 0.29) is 29.6 Å². The number of fused-ring (bicyclic) bond motifs is 2. The number of rotatable bonds is 3. The molecule has 2 N–H and O–H groups in total. The third-order valence-corrected chi connectivity index (χ3v) is 5.79. The van der Waals surface area contributed by atoms with Crippen molar-refractivity contribution >= 4 is 40.0 Å². The van der Waals surface area contributed by atoms with Gasteiger partial charge in [-0.05, 0) is 55.3 Å². The fourth-order valence-corrected chi connectivity index (χ4v) is 4.18. The minimum Gasteiger partial charge on any atom is -0.321 e. The van der Waals surface area contributed by atoms with E-state index in [4.69, 9.17) is 0 Å². The molecule has 1 aromatic heterocycles. The van der Waals surface area contributed by atoms with Crippen LogP contribution in [0.5, 0.6) is 0 Å². The average molecular weight is 412 g/mol. The van der Waals surface area contributed by atoms with Gasteiger partial charge < -0.3 is 5.32 Å². The Morgan fingerprint density at radius 2 is 1.81 bits per heavy atom. The highest BCUT2D eigenvalue weighted by Gasteiger charge is 2.42. The second-order valence-corrected chi connectivity index (χ2v) is 7.69. The molecule has 7 heteroatoms. The maximum Gasteiger partial charge on any atom is 0.255 e. The second-order valence-electron chi connectivity index (χ2n) is 7.69. The summed E-state index contributed by atoms with van der Waals surface area (Å²) in [5.41, 5.74) is 4.97. The number of hydrogen-bond acceptors (Lipinski definition) is 4.